The number of nitrogens with one attached hydrogen (secondary N) is 1. The van der Waals surface area contributed by atoms with Crippen LogP contribution in [-0.4, -0.2) is 41.7 Å². The number of amides is 1. The second-order valence-electron chi connectivity index (χ2n) is 8.42. The maximum absolute atomic E-state index is 14.3. The minimum atomic E-state index is -4.61. The summed E-state index contributed by atoms with van der Waals surface area (Å²) in [6.45, 7) is 5.26. The summed E-state index contributed by atoms with van der Waals surface area (Å²) in [7, 11) is 0. The highest BCUT2D eigenvalue weighted by atomic mass is 19.4. The zero-order valence-corrected chi connectivity index (χ0v) is 17.7. The van der Waals surface area contributed by atoms with E-state index < -0.39 is 23.8 Å². The van der Waals surface area contributed by atoms with Gasteiger partial charge in [-0.3, -0.25) is 14.8 Å². The molecule has 6 nitrogen and oxygen atoms in total. The molecule has 2 aliphatic heterocycles. The molecule has 1 amide bonds. The fraction of sp³-hybridized carbons (Fsp3) is 0.500. The van der Waals surface area contributed by atoms with Crippen LogP contribution in [0.1, 0.15) is 66.0 Å². The van der Waals surface area contributed by atoms with Crippen molar-refractivity contribution >= 4 is 11.6 Å². The van der Waals surface area contributed by atoms with E-state index in [-0.39, 0.29) is 30.0 Å². The van der Waals surface area contributed by atoms with Crippen LogP contribution in [0.15, 0.2) is 24.5 Å². The maximum atomic E-state index is 14.3. The largest absolute Gasteiger partial charge is 0.433 e. The molecule has 1 atom stereocenters. The summed E-state index contributed by atoms with van der Waals surface area (Å²) in [5.74, 6) is -0.857. The van der Waals surface area contributed by atoms with E-state index in [4.69, 9.17) is 4.74 Å². The van der Waals surface area contributed by atoms with Crippen LogP contribution in [0.2, 0.25) is 0 Å². The lowest BCUT2D eigenvalue weighted by Crippen LogP contribution is -2.38. The molecular weight excluding hydrogens is 428 g/mol. The second kappa shape index (κ2) is 8.65. The van der Waals surface area contributed by atoms with Crippen LogP contribution in [0.5, 0.6) is 0 Å². The molecular formula is C22H24F4N4O2. The number of ether oxygens (including phenoxy) is 1. The van der Waals surface area contributed by atoms with E-state index in [0.29, 0.717) is 37.2 Å². The van der Waals surface area contributed by atoms with E-state index in [2.05, 4.69) is 20.2 Å². The van der Waals surface area contributed by atoms with Crippen LogP contribution in [0.3, 0.4) is 0 Å². The second-order valence-corrected chi connectivity index (χ2v) is 8.42. The summed E-state index contributed by atoms with van der Waals surface area (Å²) >= 11 is 0. The number of carbonyl (C=O) groups is 1. The number of anilines is 1. The van der Waals surface area contributed by atoms with Crippen molar-refractivity contribution in [2.45, 2.75) is 50.9 Å². The third-order valence-corrected chi connectivity index (χ3v) is 5.86. The van der Waals surface area contributed by atoms with Crippen LogP contribution in [0.4, 0.5) is 23.2 Å². The molecule has 1 N–H and O–H groups in total. The summed E-state index contributed by atoms with van der Waals surface area (Å²) in [4.78, 5) is 21.8. The molecule has 1 saturated heterocycles. The Morgan fingerprint density at radius 1 is 1.19 bits per heavy atom. The van der Waals surface area contributed by atoms with Gasteiger partial charge in [0.1, 0.15) is 11.5 Å². The fourth-order valence-corrected chi connectivity index (χ4v) is 4.09. The lowest BCUT2D eigenvalue weighted by atomic mass is 10.1. The average Bonchev–Trinajstić information content (AvgIpc) is 3.07. The fourth-order valence-electron chi connectivity index (χ4n) is 4.09. The van der Waals surface area contributed by atoms with Gasteiger partial charge in [-0.1, -0.05) is 13.8 Å². The number of fused-ring (bicyclic) bond motifs is 1. The summed E-state index contributed by atoms with van der Waals surface area (Å²) < 4.78 is 58.8. The lowest BCUT2D eigenvalue weighted by Gasteiger charge is -2.34. The molecule has 0 unspecified atom stereocenters. The van der Waals surface area contributed by atoms with Crippen molar-refractivity contribution in [3.63, 3.8) is 0 Å². The third-order valence-electron chi connectivity index (χ3n) is 5.86. The van der Waals surface area contributed by atoms with Crippen molar-refractivity contribution in [1.82, 2.24) is 15.3 Å². The first-order valence-corrected chi connectivity index (χ1v) is 10.5. The van der Waals surface area contributed by atoms with Crippen molar-refractivity contribution in [3.05, 3.63) is 52.9 Å². The summed E-state index contributed by atoms with van der Waals surface area (Å²) in [5.41, 5.74) is 0.478. The number of carbonyl (C=O) groups excluding carboxylic acids is 1. The van der Waals surface area contributed by atoms with Gasteiger partial charge in [-0.15, -0.1) is 0 Å². The molecule has 0 spiro atoms. The van der Waals surface area contributed by atoms with E-state index in [9.17, 15) is 22.4 Å². The van der Waals surface area contributed by atoms with Gasteiger partial charge in [0, 0.05) is 36.5 Å². The number of piperidine rings is 1. The van der Waals surface area contributed by atoms with Crippen molar-refractivity contribution in [2.24, 2.45) is 0 Å². The van der Waals surface area contributed by atoms with E-state index in [1.807, 2.05) is 13.8 Å². The van der Waals surface area contributed by atoms with Crippen LogP contribution >= 0.6 is 0 Å². The quantitative estimate of drug-likeness (QED) is 0.688. The Morgan fingerprint density at radius 2 is 1.91 bits per heavy atom. The van der Waals surface area contributed by atoms with Gasteiger partial charge >= 0.3 is 6.18 Å². The highest BCUT2D eigenvalue weighted by molar-refractivity contribution is 5.99. The molecule has 10 heteroatoms. The SMILES string of the molecule is CC(C)c1ncc(N2CCC(OC[C@H]3NC(=O)c4cc(C(F)(F)F)ncc43)CC2)cc1F. The van der Waals surface area contributed by atoms with Crippen molar-refractivity contribution < 1.29 is 27.1 Å². The van der Waals surface area contributed by atoms with Gasteiger partial charge in [0.15, 0.2) is 0 Å². The van der Waals surface area contributed by atoms with Gasteiger partial charge < -0.3 is 15.0 Å². The third kappa shape index (κ3) is 4.55. The molecule has 0 aromatic carbocycles. The van der Waals surface area contributed by atoms with Crippen LogP contribution in [0.25, 0.3) is 0 Å². The Labute approximate surface area is 183 Å². The highest BCUT2D eigenvalue weighted by Crippen LogP contribution is 2.33. The van der Waals surface area contributed by atoms with Gasteiger partial charge in [-0.2, -0.15) is 13.2 Å². The summed E-state index contributed by atoms with van der Waals surface area (Å²) in [5, 5.41) is 2.66. The first-order chi connectivity index (χ1) is 15.1. The zero-order valence-electron chi connectivity index (χ0n) is 17.7. The number of nitrogens with zero attached hydrogens (tertiary/aromatic N) is 3. The number of rotatable bonds is 5. The molecule has 32 heavy (non-hydrogen) atoms. The molecule has 0 radical (unpaired) electrons. The maximum Gasteiger partial charge on any atom is 0.433 e. The summed E-state index contributed by atoms with van der Waals surface area (Å²) in [6, 6.07) is 1.75. The number of pyridine rings is 2. The van der Waals surface area contributed by atoms with Crippen LogP contribution in [-0.2, 0) is 10.9 Å². The molecule has 0 bridgehead atoms. The monoisotopic (exact) mass is 452 g/mol. The van der Waals surface area contributed by atoms with Gasteiger partial charge in [-0.25, -0.2) is 4.39 Å². The van der Waals surface area contributed by atoms with Crippen molar-refractivity contribution in [3.8, 4) is 0 Å². The molecule has 1 fully saturated rings. The van der Waals surface area contributed by atoms with Crippen LogP contribution < -0.4 is 10.2 Å². The van der Waals surface area contributed by atoms with Gasteiger partial charge in [0.05, 0.1) is 36.3 Å². The zero-order chi connectivity index (χ0) is 23.0. The van der Waals surface area contributed by atoms with E-state index in [1.54, 1.807) is 6.20 Å². The average molecular weight is 452 g/mol. The smallest absolute Gasteiger partial charge is 0.376 e. The number of hydrogen-bond donors (Lipinski definition) is 1. The Balaban J connectivity index is 1.33. The minimum Gasteiger partial charge on any atom is -0.376 e. The molecule has 2 aromatic rings. The molecule has 2 aromatic heterocycles. The molecule has 172 valence electrons. The Bertz CT molecular complexity index is 1000. The van der Waals surface area contributed by atoms with E-state index in [1.165, 1.54) is 6.07 Å². The van der Waals surface area contributed by atoms with Gasteiger partial charge in [-0.05, 0) is 24.8 Å². The number of hydrogen-bond acceptors (Lipinski definition) is 5. The first kappa shape index (κ1) is 22.4. The molecule has 2 aliphatic rings. The Kier molecular flexibility index (Phi) is 6.07. The number of halogens is 4. The number of alkyl halides is 3. The highest BCUT2D eigenvalue weighted by Gasteiger charge is 2.37. The molecule has 4 heterocycles. The van der Waals surface area contributed by atoms with Crippen molar-refractivity contribution in [1.29, 1.82) is 0 Å². The lowest BCUT2D eigenvalue weighted by molar-refractivity contribution is -0.141. The first-order valence-electron chi connectivity index (χ1n) is 10.5. The Hall–Kier alpha value is -2.75. The molecule has 0 aliphatic carbocycles. The molecule has 4 rings (SSSR count). The van der Waals surface area contributed by atoms with E-state index in [0.717, 1.165) is 18.0 Å². The standard InChI is InChI=1S/C22H24F4N4O2/c1-12(2)20-17(23)7-13(9-28-20)30-5-3-14(4-6-30)32-11-18-16-10-27-19(22(24,25)26)8-15(16)21(31)29-18/h7-10,12,14,18H,3-6,11H2,1-2H3,(H,29,31)/t18-/m1/s1. The van der Waals surface area contributed by atoms with Gasteiger partial charge in [0.2, 0.25) is 0 Å². The Morgan fingerprint density at radius 3 is 2.53 bits per heavy atom. The topological polar surface area (TPSA) is 67.3 Å². The predicted octanol–water partition coefficient (Wildman–Crippen LogP) is 4.23. The van der Waals surface area contributed by atoms with Gasteiger partial charge in [0.25, 0.3) is 5.91 Å². The summed E-state index contributed by atoms with van der Waals surface area (Å²) in [6.07, 6.45) is -0.492. The van der Waals surface area contributed by atoms with E-state index >= 15 is 0 Å². The minimum absolute atomic E-state index is 0.0136. The normalized spacial score (nSPS) is 19.4. The van der Waals surface area contributed by atoms with Crippen molar-refractivity contribution in [2.75, 3.05) is 24.6 Å². The predicted molar refractivity (Wildman–Crippen MR) is 109 cm³/mol. The number of aromatic nitrogens is 2. The molecule has 0 saturated carbocycles. The van der Waals surface area contributed by atoms with Crippen LogP contribution in [0, 0.1) is 5.82 Å².